The number of methoxy groups -OCH3 is 1. The van der Waals surface area contributed by atoms with Crippen molar-refractivity contribution >= 4 is 42.7 Å². The van der Waals surface area contributed by atoms with E-state index in [0.29, 0.717) is 19.6 Å². The van der Waals surface area contributed by atoms with Gasteiger partial charge in [0.05, 0.1) is 13.2 Å². The van der Waals surface area contributed by atoms with Crippen LogP contribution in [0.4, 0.5) is 0 Å². The van der Waals surface area contributed by atoms with Gasteiger partial charge < -0.3 is 30.9 Å². The van der Waals surface area contributed by atoms with Crippen molar-refractivity contribution in [2.75, 3.05) is 33.5 Å². The van der Waals surface area contributed by atoms with E-state index in [-0.39, 0.29) is 50.4 Å². The summed E-state index contributed by atoms with van der Waals surface area (Å²) in [6.07, 6.45) is 0.695. The fraction of sp³-hybridized carbons (Fsp3) is 0.727. The number of hydrogen-bond acceptors (Lipinski definition) is 5. The van der Waals surface area contributed by atoms with Crippen LogP contribution < -0.4 is 16.4 Å². The van der Waals surface area contributed by atoms with Crippen molar-refractivity contribution in [3.8, 4) is 0 Å². The van der Waals surface area contributed by atoms with E-state index >= 15 is 0 Å². The van der Waals surface area contributed by atoms with Crippen molar-refractivity contribution < 1.29 is 24.2 Å². The fourth-order valence-electron chi connectivity index (χ4n) is 1.33. The molecule has 0 aromatic rings. The summed E-state index contributed by atoms with van der Waals surface area (Å²) >= 11 is 0. The second kappa shape index (κ2) is 16.1. The van der Waals surface area contributed by atoms with Gasteiger partial charge in [0.25, 0.3) is 0 Å². The number of rotatable bonds is 11. The van der Waals surface area contributed by atoms with Crippen LogP contribution in [-0.4, -0.2) is 62.5 Å². The van der Waals surface area contributed by atoms with E-state index < -0.39 is 17.9 Å². The van der Waals surface area contributed by atoms with E-state index in [1.54, 1.807) is 0 Å². The van der Waals surface area contributed by atoms with Gasteiger partial charge >= 0.3 is 5.97 Å². The van der Waals surface area contributed by atoms with Crippen LogP contribution in [0, 0.1) is 5.41 Å². The minimum Gasteiger partial charge on any atom is -0.480 e. The lowest BCUT2D eigenvalue weighted by atomic mass is 10.1. The zero-order valence-electron chi connectivity index (χ0n) is 12.3. The first-order valence-electron chi connectivity index (χ1n) is 6.14. The van der Waals surface area contributed by atoms with Crippen LogP contribution in [0.15, 0.2) is 0 Å². The van der Waals surface area contributed by atoms with E-state index in [4.69, 9.17) is 25.7 Å². The molecule has 11 heteroatoms. The van der Waals surface area contributed by atoms with Crippen LogP contribution in [0.25, 0.3) is 0 Å². The lowest BCUT2D eigenvalue weighted by Gasteiger charge is -2.14. The molecule has 0 unspecified atom stereocenters. The molecular formula is C11H24Cl2N4O5. The molecule has 0 aromatic heterocycles. The maximum absolute atomic E-state index is 11.5. The smallest absolute Gasteiger partial charge is 0.326 e. The third-order valence-electron chi connectivity index (χ3n) is 2.28. The molecule has 0 aliphatic heterocycles. The molecule has 1 amide bonds. The summed E-state index contributed by atoms with van der Waals surface area (Å²) in [7, 11) is 1.51. The van der Waals surface area contributed by atoms with Gasteiger partial charge in [-0.05, 0) is 12.8 Å². The summed E-state index contributed by atoms with van der Waals surface area (Å²) in [5.74, 6) is -1.78. The van der Waals surface area contributed by atoms with E-state index in [1.165, 1.54) is 7.11 Å². The Morgan fingerprint density at radius 3 is 2.45 bits per heavy atom. The molecule has 1 atom stereocenters. The Bertz CT molecular complexity index is 334. The summed E-state index contributed by atoms with van der Waals surface area (Å²) in [6.45, 7) is 0.800. The molecule has 6 N–H and O–H groups in total. The van der Waals surface area contributed by atoms with E-state index in [9.17, 15) is 9.59 Å². The normalized spacial score (nSPS) is 10.6. The molecule has 22 heavy (non-hydrogen) atoms. The molecule has 0 rings (SSSR count). The van der Waals surface area contributed by atoms with Gasteiger partial charge in [-0.15, -0.1) is 24.8 Å². The Morgan fingerprint density at radius 2 is 1.95 bits per heavy atom. The highest BCUT2D eigenvalue weighted by Crippen LogP contribution is 1.97. The van der Waals surface area contributed by atoms with Crippen LogP contribution in [0.5, 0.6) is 0 Å². The molecule has 9 nitrogen and oxygen atoms in total. The van der Waals surface area contributed by atoms with Gasteiger partial charge in [-0.25, -0.2) is 4.79 Å². The third kappa shape index (κ3) is 15.1. The van der Waals surface area contributed by atoms with Crippen LogP contribution in [-0.2, 0) is 19.1 Å². The minimum atomic E-state index is -1.11. The summed E-state index contributed by atoms with van der Waals surface area (Å²) in [4.78, 5) is 22.4. The first-order valence-corrected chi connectivity index (χ1v) is 6.14. The molecule has 0 aromatic carbocycles. The predicted molar refractivity (Wildman–Crippen MR) is 85.9 cm³/mol. The number of carboxylic acids is 1. The summed E-state index contributed by atoms with van der Waals surface area (Å²) in [5.41, 5.74) is 5.09. The molecule has 0 saturated heterocycles. The Morgan fingerprint density at radius 1 is 1.32 bits per heavy atom. The Balaban J connectivity index is -0.00000180. The number of carbonyl (C=O) groups is 2. The lowest BCUT2D eigenvalue weighted by molar-refractivity contribution is -0.142. The average Bonchev–Trinajstić information content (AvgIpc) is 2.37. The number of nitrogens with two attached hydrogens (primary N) is 1. The molecular weight excluding hydrogens is 339 g/mol. The number of carboxylic acid groups (broad SMARTS) is 1. The number of guanidine groups is 1. The molecule has 0 fully saturated rings. The molecule has 0 bridgehead atoms. The predicted octanol–water partition coefficient (Wildman–Crippen LogP) is -0.674. The minimum absolute atomic E-state index is 0. The first-order chi connectivity index (χ1) is 9.47. The maximum atomic E-state index is 11.5. The van der Waals surface area contributed by atoms with Gasteiger partial charge in [0.2, 0.25) is 5.91 Å². The molecule has 0 radical (unpaired) electrons. The average molecular weight is 363 g/mol. The quantitative estimate of drug-likeness (QED) is 0.186. The standard InChI is InChI=1S/C11H22N4O5.2ClH/c1-19-5-6-20-7-9(16)15-8(10(17)18)3-2-4-14-11(12)13;;/h8H,2-7H2,1H3,(H,15,16)(H,17,18)(H4,12,13,14);2*1H/t8-;;/m0../s1. The van der Waals surface area contributed by atoms with Crippen molar-refractivity contribution in [2.45, 2.75) is 18.9 Å². The van der Waals surface area contributed by atoms with Crippen LogP contribution in [0.2, 0.25) is 0 Å². The number of hydrogen-bond donors (Lipinski definition) is 5. The van der Waals surface area contributed by atoms with E-state index in [1.807, 2.05) is 0 Å². The topological polar surface area (TPSA) is 147 Å². The molecule has 0 aliphatic carbocycles. The van der Waals surface area contributed by atoms with Gasteiger partial charge in [-0.1, -0.05) is 0 Å². The highest BCUT2D eigenvalue weighted by atomic mass is 35.5. The molecule has 0 saturated carbocycles. The number of nitrogens with one attached hydrogen (secondary N) is 3. The Labute approximate surface area is 141 Å². The summed E-state index contributed by atoms with van der Waals surface area (Å²) < 4.78 is 9.73. The van der Waals surface area contributed by atoms with Crippen LogP contribution in [0.3, 0.4) is 0 Å². The second-order valence-electron chi connectivity index (χ2n) is 3.99. The molecule has 0 spiro atoms. The van der Waals surface area contributed by atoms with Crippen molar-refractivity contribution in [2.24, 2.45) is 5.73 Å². The number of ether oxygens (including phenoxy) is 2. The SMILES string of the molecule is COCCOCC(=O)N[C@@H](CCCNC(=N)N)C(=O)O.Cl.Cl. The molecule has 0 aliphatic rings. The molecule has 132 valence electrons. The van der Waals surface area contributed by atoms with Crippen LogP contribution in [0.1, 0.15) is 12.8 Å². The van der Waals surface area contributed by atoms with Crippen molar-refractivity contribution in [3.05, 3.63) is 0 Å². The fourth-order valence-corrected chi connectivity index (χ4v) is 1.33. The monoisotopic (exact) mass is 362 g/mol. The van der Waals surface area contributed by atoms with Crippen molar-refractivity contribution in [1.82, 2.24) is 10.6 Å². The molecule has 0 heterocycles. The number of aliphatic carboxylic acids is 1. The number of carbonyl (C=O) groups excluding carboxylic acids is 1. The largest absolute Gasteiger partial charge is 0.480 e. The van der Waals surface area contributed by atoms with Crippen molar-refractivity contribution in [3.63, 3.8) is 0 Å². The zero-order valence-corrected chi connectivity index (χ0v) is 13.9. The highest BCUT2D eigenvalue weighted by molar-refractivity contribution is 5.85. The van der Waals surface area contributed by atoms with Crippen molar-refractivity contribution in [1.29, 1.82) is 5.41 Å². The van der Waals surface area contributed by atoms with Crippen LogP contribution >= 0.6 is 24.8 Å². The number of halogens is 2. The second-order valence-corrected chi connectivity index (χ2v) is 3.99. The van der Waals surface area contributed by atoms with Gasteiger partial charge in [0.15, 0.2) is 5.96 Å². The highest BCUT2D eigenvalue weighted by Gasteiger charge is 2.19. The maximum Gasteiger partial charge on any atom is 0.326 e. The Kier molecular flexibility index (Phi) is 18.8. The zero-order chi connectivity index (χ0) is 15.4. The third-order valence-corrected chi connectivity index (χ3v) is 2.28. The van der Waals surface area contributed by atoms with Gasteiger partial charge in [0.1, 0.15) is 12.6 Å². The van der Waals surface area contributed by atoms with Gasteiger partial charge in [-0.3, -0.25) is 10.2 Å². The van der Waals surface area contributed by atoms with Gasteiger partial charge in [0, 0.05) is 13.7 Å². The van der Waals surface area contributed by atoms with E-state index in [0.717, 1.165) is 0 Å². The summed E-state index contributed by atoms with van der Waals surface area (Å²) in [6, 6.07) is -0.984. The van der Waals surface area contributed by atoms with E-state index in [2.05, 4.69) is 10.6 Å². The Hall–Kier alpha value is -1.29. The number of amides is 1. The lowest BCUT2D eigenvalue weighted by Crippen LogP contribution is -2.43. The first kappa shape index (κ1) is 25.7. The van der Waals surface area contributed by atoms with Gasteiger partial charge in [-0.2, -0.15) is 0 Å². The summed E-state index contributed by atoms with van der Waals surface area (Å²) in [5, 5.41) is 20.8.